The van der Waals surface area contributed by atoms with E-state index in [-0.39, 0.29) is 24.9 Å². The lowest BCUT2D eigenvalue weighted by Gasteiger charge is -2.18. The van der Waals surface area contributed by atoms with Crippen molar-refractivity contribution in [2.45, 2.75) is 277 Å². The fourth-order valence-corrected chi connectivity index (χ4v) is 7.26. The van der Waals surface area contributed by atoms with Gasteiger partial charge in [0.2, 0.25) is 0 Å². The number of hydrogen-bond acceptors (Lipinski definition) is 3. The Labute approximate surface area is 307 Å². The first kappa shape index (κ1) is 47.9. The van der Waals surface area contributed by atoms with Crippen LogP contribution >= 0.6 is 0 Å². The van der Waals surface area contributed by atoms with Gasteiger partial charge in [-0.3, -0.25) is 9.59 Å². The van der Waals surface area contributed by atoms with Crippen LogP contribution in [0.3, 0.4) is 0 Å². The van der Waals surface area contributed by atoms with Gasteiger partial charge in [0.25, 0.3) is 0 Å². The minimum absolute atomic E-state index is 0.00904. The quantitative estimate of drug-likeness (QED) is 0.0511. The number of carbonyl (C=O) groups excluding carboxylic acids is 1. The molecular formula is C45H88O4. The van der Waals surface area contributed by atoms with E-state index in [0.717, 1.165) is 25.7 Å². The van der Waals surface area contributed by atoms with Crippen LogP contribution in [0.4, 0.5) is 0 Å². The molecule has 0 aromatic carbocycles. The van der Waals surface area contributed by atoms with Crippen molar-refractivity contribution in [2.24, 2.45) is 0 Å². The predicted molar refractivity (Wildman–Crippen MR) is 214 cm³/mol. The fraction of sp³-hybridized carbons (Fsp3) is 0.956. The number of carboxylic acids is 1. The standard InChI is InChI=1S/C45H88O4/c1-3-5-7-9-11-13-15-17-19-21-22-23-25-27-29-31-33-35-37-40-43(49-45(48)42-38-41-44(46)47)39-36-34-32-30-28-26-24-20-18-16-14-12-10-8-6-4-2/h43H,3-42H2,1-2H3,(H,46,47). The highest BCUT2D eigenvalue weighted by Gasteiger charge is 2.15. The maximum absolute atomic E-state index is 12.4. The third-order valence-electron chi connectivity index (χ3n) is 10.6. The highest BCUT2D eigenvalue weighted by atomic mass is 16.5. The van der Waals surface area contributed by atoms with E-state index >= 15 is 0 Å². The molecule has 1 unspecified atom stereocenters. The first-order valence-electron chi connectivity index (χ1n) is 22.5. The van der Waals surface area contributed by atoms with E-state index in [1.165, 1.54) is 212 Å². The lowest BCUT2D eigenvalue weighted by Crippen LogP contribution is -2.18. The number of aliphatic carboxylic acids is 1. The normalized spacial score (nSPS) is 12.0. The Hall–Kier alpha value is -1.06. The molecule has 0 heterocycles. The Kier molecular flexibility index (Phi) is 40.5. The number of esters is 1. The number of rotatable bonds is 42. The first-order valence-corrected chi connectivity index (χ1v) is 22.5. The molecule has 0 saturated heterocycles. The van der Waals surface area contributed by atoms with Crippen molar-refractivity contribution in [2.75, 3.05) is 0 Å². The largest absolute Gasteiger partial charge is 0.481 e. The van der Waals surface area contributed by atoms with E-state index in [9.17, 15) is 9.59 Å². The molecule has 0 aromatic rings. The van der Waals surface area contributed by atoms with Crippen LogP contribution in [-0.2, 0) is 14.3 Å². The van der Waals surface area contributed by atoms with Gasteiger partial charge in [-0.1, -0.05) is 226 Å². The summed E-state index contributed by atoms with van der Waals surface area (Å²) in [6.07, 6.45) is 50.7. The number of hydrogen-bond donors (Lipinski definition) is 1. The van der Waals surface area contributed by atoms with Crippen LogP contribution in [0.25, 0.3) is 0 Å². The number of carboxylic acid groups (broad SMARTS) is 1. The van der Waals surface area contributed by atoms with E-state index in [2.05, 4.69) is 13.8 Å². The van der Waals surface area contributed by atoms with Crippen LogP contribution < -0.4 is 0 Å². The summed E-state index contributed by atoms with van der Waals surface area (Å²) in [5, 5.41) is 8.89. The Balaban J connectivity index is 3.82. The number of unbranched alkanes of at least 4 members (excludes halogenated alkanes) is 33. The molecule has 0 aliphatic rings. The van der Waals surface area contributed by atoms with Crippen LogP contribution in [0.1, 0.15) is 271 Å². The van der Waals surface area contributed by atoms with Gasteiger partial charge in [0, 0.05) is 12.8 Å². The van der Waals surface area contributed by atoms with Crippen LogP contribution in [-0.4, -0.2) is 23.1 Å². The van der Waals surface area contributed by atoms with Crippen molar-refractivity contribution in [3.05, 3.63) is 0 Å². The summed E-state index contributed by atoms with van der Waals surface area (Å²) in [6.45, 7) is 4.58. The van der Waals surface area contributed by atoms with Crippen LogP contribution in [0.2, 0.25) is 0 Å². The maximum Gasteiger partial charge on any atom is 0.306 e. The summed E-state index contributed by atoms with van der Waals surface area (Å²) in [7, 11) is 0. The second-order valence-corrected chi connectivity index (χ2v) is 15.6. The van der Waals surface area contributed by atoms with Crippen LogP contribution in [0.5, 0.6) is 0 Å². The molecule has 0 fully saturated rings. The molecule has 4 heteroatoms. The summed E-state index contributed by atoms with van der Waals surface area (Å²) < 4.78 is 5.86. The van der Waals surface area contributed by atoms with Gasteiger partial charge in [0.15, 0.2) is 0 Å². The average molecular weight is 693 g/mol. The van der Waals surface area contributed by atoms with E-state index in [0.29, 0.717) is 6.42 Å². The molecule has 49 heavy (non-hydrogen) atoms. The molecule has 1 N–H and O–H groups in total. The van der Waals surface area contributed by atoms with Crippen molar-refractivity contribution < 1.29 is 19.4 Å². The third kappa shape index (κ3) is 41.2. The van der Waals surface area contributed by atoms with Gasteiger partial charge in [0.05, 0.1) is 0 Å². The molecule has 0 rings (SSSR count). The fourth-order valence-electron chi connectivity index (χ4n) is 7.26. The monoisotopic (exact) mass is 693 g/mol. The van der Waals surface area contributed by atoms with Crippen LogP contribution in [0.15, 0.2) is 0 Å². The summed E-state index contributed by atoms with van der Waals surface area (Å²) in [5.74, 6) is -1.05. The first-order chi connectivity index (χ1) is 24.1. The second kappa shape index (κ2) is 41.4. The zero-order chi connectivity index (χ0) is 35.7. The highest BCUT2D eigenvalue weighted by Crippen LogP contribution is 2.20. The number of carbonyl (C=O) groups is 2. The smallest absolute Gasteiger partial charge is 0.306 e. The summed E-state index contributed by atoms with van der Waals surface area (Å²) >= 11 is 0. The molecule has 0 spiro atoms. The molecule has 0 bridgehead atoms. The van der Waals surface area contributed by atoms with Crippen molar-refractivity contribution in [3.63, 3.8) is 0 Å². The van der Waals surface area contributed by atoms with Crippen molar-refractivity contribution in [1.29, 1.82) is 0 Å². The third-order valence-corrected chi connectivity index (χ3v) is 10.6. The minimum Gasteiger partial charge on any atom is -0.481 e. The average Bonchev–Trinajstić information content (AvgIpc) is 3.08. The van der Waals surface area contributed by atoms with E-state index in [1.807, 2.05) is 0 Å². The minimum atomic E-state index is -0.841. The molecule has 1 atom stereocenters. The van der Waals surface area contributed by atoms with Crippen LogP contribution in [0, 0.1) is 0 Å². The highest BCUT2D eigenvalue weighted by molar-refractivity contribution is 5.71. The van der Waals surface area contributed by atoms with Crippen molar-refractivity contribution in [3.8, 4) is 0 Å². The topological polar surface area (TPSA) is 63.6 Å². The van der Waals surface area contributed by atoms with Crippen molar-refractivity contribution in [1.82, 2.24) is 0 Å². The van der Waals surface area contributed by atoms with Crippen molar-refractivity contribution >= 4 is 11.9 Å². The zero-order valence-electron chi connectivity index (χ0n) is 33.5. The van der Waals surface area contributed by atoms with E-state index in [1.54, 1.807) is 0 Å². The molecule has 0 aliphatic heterocycles. The van der Waals surface area contributed by atoms with Gasteiger partial charge in [-0.2, -0.15) is 0 Å². The Morgan fingerprint density at radius 3 is 0.857 bits per heavy atom. The molecule has 0 amide bonds. The molecule has 0 aliphatic carbocycles. The molecule has 0 radical (unpaired) electrons. The number of ether oxygens (including phenoxy) is 1. The molecule has 4 nitrogen and oxygen atoms in total. The lowest BCUT2D eigenvalue weighted by atomic mass is 10.0. The Bertz CT molecular complexity index is 662. The summed E-state index contributed by atoms with van der Waals surface area (Å²) in [6, 6.07) is 0. The summed E-state index contributed by atoms with van der Waals surface area (Å²) in [4.78, 5) is 23.2. The van der Waals surface area contributed by atoms with Gasteiger partial charge in [0.1, 0.15) is 6.10 Å². The maximum atomic E-state index is 12.4. The second-order valence-electron chi connectivity index (χ2n) is 15.6. The Morgan fingerprint density at radius 1 is 0.367 bits per heavy atom. The zero-order valence-corrected chi connectivity index (χ0v) is 33.5. The molecule has 0 saturated carbocycles. The van der Waals surface area contributed by atoms with Gasteiger partial charge < -0.3 is 9.84 Å². The Morgan fingerprint density at radius 2 is 0.612 bits per heavy atom. The summed E-state index contributed by atoms with van der Waals surface area (Å²) in [5.41, 5.74) is 0. The van der Waals surface area contributed by atoms with Gasteiger partial charge in [-0.25, -0.2) is 0 Å². The van der Waals surface area contributed by atoms with Gasteiger partial charge >= 0.3 is 11.9 Å². The predicted octanol–water partition coefficient (Wildman–Crippen LogP) is 15.6. The molecule has 0 aromatic heterocycles. The van der Waals surface area contributed by atoms with Gasteiger partial charge in [-0.15, -0.1) is 0 Å². The SMILES string of the molecule is CCCCCCCCCCCCCCCCCCCCCC(CCCCCCCCCCCCCCCCCC)OC(=O)CCCC(=O)O. The van der Waals surface area contributed by atoms with E-state index < -0.39 is 5.97 Å². The lowest BCUT2D eigenvalue weighted by molar-refractivity contribution is -0.150. The molecule has 292 valence electrons. The van der Waals surface area contributed by atoms with E-state index in [4.69, 9.17) is 9.84 Å². The molecular weight excluding hydrogens is 604 g/mol. The van der Waals surface area contributed by atoms with Gasteiger partial charge in [-0.05, 0) is 32.1 Å².